The van der Waals surface area contributed by atoms with Gasteiger partial charge < -0.3 is 4.98 Å². The van der Waals surface area contributed by atoms with Gasteiger partial charge in [-0.1, -0.05) is 48.2 Å². The first-order valence-corrected chi connectivity index (χ1v) is 10.9. The summed E-state index contributed by atoms with van der Waals surface area (Å²) in [5.41, 5.74) is 2.82. The van der Waals surface area contributed by atoms with Crippen LogP contribution in [0.1, 0.15) is 12.7 Å². The Morgan fingerprint density at radius 2 is 1.93 bits per heavy atom. The number of anilines is 1. The number of aliphatic imine (C=N–C) groups is 1. The first kappa shape index (κ1) is 17.6. The summed E-state index contributed by atoms with van der Waals surface area (Å²) in [5, 5.41) is 0.666. The number of H-pyrrole nitrogens is 1. The second-order valence-corrected chi connectivity index (χ2v) is 9.03. The summed E-state index contributed by atoms with van der Waals surface area (Å²) in [4.78, 5) is 29.1. The molecule has 1 amide bonds. The van der Waals surface area contributed by atoms with Crippen LogP contribution < -0.4 is 4.90 Å². The van der Waals surface area contributed by atoms with E-state index in [4.69, 9.17) is 4.99 Å². The summed E-state index contributed by atoms with van der Waals surface area (Å²) in [5.74, 6) is 1.40. The van der Waals surface area contributed by atoms with Gasteiger partial charge in [-0.25, -0.2) is 9.98 Å². The summed E-state index contributed by atoms with van der Waals surface area (Å²) in [6.45, 7) is 2.04. The Morgan fingerprint density at radius 3 is 2.75 bits per heavy atom. The number of benzene rings is 2. The SMILES string of the molecule is CC1=CC2C(=O)N(c3ccccc3)C(SCc3nc4ccccc4[nH]3)=NC2S1. The van der Waals surface area contributed by atoms with Crippen molar-refractivity contribution in [3.05, 3.63) is 71.4 Å². The van der Waals surface area contributed by atoms with Crippen molar-refractivity contribution in [2.75, 3.05) is 4.90 Å². The van der Waals surface area contributed by atoms with Crippen LogP contribution in [0.15, 0.2) is 70.6 Å². The highest BCUT2D eigenvalue weighted by atomic mass is 32.2. The van der Waals surface area contributed by atoms with Gasteiger partial charge in [0.2, 0.25) is 5.91 Å². The Labute approximate surface area is 171 Å². The van der Waals surface area contributed by atoms with Crippen LogP contribution in [-0.2, 0) is 10.5 Å². The minimum Gasteiger partial charge on any atom is -0.341 e. The predicted octanol–water partition coefficient (Wildman–Crippen LogP) is 4.79. The maximum atomic E-state index is 13.3. The number of thioether (sulfide) groups is 2. The van der Waals surface area contributed by atoms with Crippen molar-refractivity contribution in [2.24, 2.45) is 10.9 Å². The lowest BCUT2D eigenvalue weighted by Crippen LogP contribution is -2.45. The van der Waals surface area contributed by atoms with E-state index in [-0.39, 0.29) is 17.2 Å². The molecule has 2 unspecified atom stereocenters. The number of hydrogen-bond acceptors (Lipinski definition) is 5. The summed E-state index contributed by atoms with van der Waals surface area (Å²) in [6, 6.07) is 17.7. The molecule has 0 saturated carbocycles. The molecular formula is C21H18N4OS2. The van der Waals surface area contributed by atoms with E-state index < -0.39 is 0 Å². The van der Waals surface area contributed by atoms with Crippen molar-refractivity contribution < 1.29 is 4.79 Å². The maximum Gasteiger partial charge on any atom is 0.243 e. The van der Waals surface area contributed by atoms with Gasteiger partial charge in [-0.15, -0.1) is 11.8 Å². The number of nitrogens with zero attached hydrogens (tertiary/aromatic N) is 3. The van der Waals surface area contributed by atoms with Gasteiger partial charge in [0.25, 0.3) is 0 Å². The van der Waals surface area contributed by atoms with Crippen LogP contribution >= 0.6 is 23.5 Å². The first-order chi connectivity index (χ1) is 13.7. The van der Waals surface area contributed by atoms with Crippen LogP contribution in [0, 0.1) is 5.92 Å². The number of fused-ring (bicyclic) bond motifs is 2. The molecule has 2 aromatic carbocycles. The van der Waals surface area contributed by atoms with Gasteiger partial charge in [0, 0.05) is 0 Å². The van der Waals surface area contributed by atoms with Crippen LogP contribution in [0.25, 0.3) is 11.0 Å². The van der Waals surface area contributed by atoms with E-state index in [0.29, 0.717) is 5.75 Å². The minimum atomic E-state index is -0.194. The van der Waals surface area contributed by atoms with E-state index in [1.807, 2.05) is 67.6 Å². The molecule has 2 aliphatic heterocycles. The fourth-order valence-corrected chi connectivity index (χ4v) is 5.55. The van der Waals surface area contributed by atoms with E-state index in [9.17, 15) is 4.79 Å². The number of para-hydroxylation sites is 3. The molecule has 0 bridgehead atoms. The summed E-state index contributed by atoms with van der Waals surface area (Å²) in [7, 11) is 0. The molecule has 2 aliphatic rings. The third kappa shape index (κ3) is 3.14. The molecule has 7 heteroatoms. The number of allylic oxidation sites excluding steroid dienone is 1. The first-order valence-electron chi connectivity index (χ1n) is 9.07. The van der Waals surface area contributed by atoms with E-state index in [0.717, 1.165) is 32.6 Å². The van der Waals surface area contributed by atoms with Crippen LogP contribution in [0.4, 0.5) is 5.69 Å². The highest BCUT2D eigenvalue weighted by Crippen LogP contribution is 2.42. The summed E-state index contributed by atoms with van der Waals surface area (Å²) < 4.78 is 0. The van der Waals surface area contributed by atoms with E-state index >= 15 is 0 Å². The fourth-order valence-electron chi connectivity index (χ4n) is 3.47. The Kier molecular flexibility index (Phi) is 4.49. The molecule has 0 radical (unpaired) electrons. The monoisotopic (exact) mass is 406 g/mol. The fraction of sp³-hybridized carbons (Fsp3) is 0.190. The van der Waals surface area contributed by atoms with Crippen molar-refractivity contribution in [2.45, 2.75) is 18.1 Å². The second kappa shape index (κ2) is 7.14. The van der Waals surface area contributed by atoms with Crippen LogP contribution in [0.3, 0.4) is 0 Å². The molecule has 5 rings (SSSR count). The van der Waals surface area contributed by atoms with E-state index in [1.165, 1.54) is 0 Å². The lowest BCUT2D eigenvalue weighted by Gasteiger charge is -2.32. The van der Waals surface area contributed by atoms with Crippen molar-refractivity contribution >= 4 is 51.3 Å². The van der Waals surface area contributed by atoms with E-state index in [2.05, 4.69) is 9.97 Å². The topological polar surface area (TPSA) is 61.4 Å². The van der Waals surface area contributed by atoms with Crippen LogP contribution in [0.2, 0.25) is 0 Å². The average Bonchev–Trinajstić information content (AvgIpc) is 3.29. The molecule has 1 aromatic heterocycles. The Morgan fingerprint density at radius 1 is 1.14 bits per heavy atom. The number of imidazole rings is 1. The zero-order valence-corrected chi connectivity index (χ0v) is 16.8. The standard InChI is InChI=1S/C21H18N4OS2/c1-13-11-15-19(28-13)24-21(25(20(15)26)14-7-3-2-4-8-14)27-12-18-22-16-9-5-6-10-17(16)23-18/h2-11,15,19H,12H2,1H3,(H,22,23). The van der Waals surface area contributed by atoms with Crippen molar-refractivity contribution in [3.63, 3.8) is 0 Å². The number of carbonyl (C=O) groups is 1. The number of amides is 1. The van der Waals surface area contributed by atoms with Gasteiger partial charge in [0.1, 0.15) is 11.2 Å². The predicted molar refractivity (Wildman–Crippen MR) is 117 cm³/mol. The molecule has 5 nitrogen and oxygen atoms in total. The molecule has 140 valence electrons. The van der Waals surface area contributed by atoms with Crippen molar-refractivity contribution in [1.29, 1.82) is 0 Å². The summed E-state index contributed by atoms with van der Waals surface area (Å²) >= 11 is 3.22. The number of nitrogens with one attached hydrogen (secondary N) is 1. The maximum absolute atomic E-state index is 13.3. The highest BCUT2D eigenvalue weighted by molar-refractivity contribution is 8.13. The van der Waals surface area contributed by atoms with E-state index in [1.54, 1.807) is 28.4 Å². The Balaban J connectivity index is 1.46. The molecular weight excluding hydrogens is 388 g/mol. The van der Waals surface area contributed by atoms with Crippen LogP contribution in [-0.4, -0.2) is 26.4 Å². The number of aromatic amines is 1. The molecule has 0 saturated heterocycles. The quantitative estimate of drug-likeness (QED) is 0.679. The third-order valence-electron chi connectivity index (χ3n) is 4.75. The van der Waals surface area contributed by atoms with Gasteiger partial charge in [0.15, 0.2) is 5.17 Å². The van der Waals surface area contributed by atoms with Gasteiger partial charge in [-0.05, 0) is 36.1 Å². The molecule has 1 N–H and O–H groups in total. The zero-order valence-electron chi connectivity index (χ0n) is 15.2. The molecule has 2 atom stereocenters. The lowest BCUT2D eigenvalue weighted by molar-refractivity contribution is -0.120. The second-order valence-electron chi connectivity index (χ2n) is 6.72. The normalized spacial score (nSPS) is 21.6. The molecule has 28 heavy (non-hydrogen) atoms. The van der Waals surface area contributed by atoms with Gasteiger partial charge in [0.05, 0.1) is 28.4 Å². The lowest BCUT2D eigenvalue weighted by atomic mass is 10.1. The average molecular weight is 407 g/mol. The molecule has 0 fully saturated rings. The summed E-state index contributed by atoms with van der Waals surface area (Å²) in [6.07, 6.45) is 2.04. The van der Waals surface area contributed by atoms with Gasteiger partial charge >= 0.3 is 0 Å². The number of rotatable bonds is 3. The third-order valence-corrected chi connectivity index (χ3v) is 6.87. The number of amidine groups is 1. The number of carbonyl (C=O) groups excluding carboxylic acids is 1. The molecule has 0 aliphatic carbocycles. The van der Waals surface area contributed by atoms with Gasteiger partial charge in [-0.3, -0.25) is 9.69 Å². The van der Waals surface area contributed by atoms with Crippen molar-refractivity contribution in [3.8, 4) is 0 Å². The van der Waals surface area contributed by atoms with Crippen molar-refractivity contribution in [1.82, 2.24) is 9.97 Å². The van der Waals surface area contributed by atoms with Gasteiger partial charge in [-0.2, -0.15) is 0 Å². The smallest absolute Gasteiger partial charge is 0.243 e. The van der Waals surface area contributed by atoms with Crippen LogP contribution in [0.5, 0.6) is 0 Å². The molecule has 0 spiro atoms. The molecule has 3 heterocycles. The Bertz CT molecular complexity index is 1070. The molecule has 3 aromatic rings. The zero-order chi connectivity index (χ0) is 19.1. The minimum absolute atomic E-state index is 0.0642. The Hall–Kier alpha value is -2.51. The largest absolute Gasteiger partial charge is 0.341 e. The highest BCUT2D eigenvalue weighted by Gasteiger charge is 2.41. The number of hydrogen-bond donors (Lipinski definition) is 1. The number of aromatic nitrogens is 2.